The van der Waals surface area contributed by atoms with E-state index in [1.165, 1.54) is 31.1 Å². The molecule has 0 aliphatic heterocycles. The van der Waals surface area contributed by atoms with E-state index in [4.69, 9.17) is 22.1 Å². The molecular formula is C16H14ClFN6OS. The van der Waals surface area contributed by atoms with Crippen molar-refractivity contribution >= 4 is 29.2 Å². The van der Waals surface area contributed by atoms with Gasteiger partial charge in [-0.15, -0.1) is 11.8 Å². The highest BCUT2D eigenvalue weighted by Crippen LogP contribution is 2.32. The van der Waals surface area contributed by atoms with Crippen molar-refractivity contribution in [3.05, 3.63) is 35.1 Å². The molecule has 134 valence electrons. The molecule has 3 rings (SSSR count). The van der Waals surface area contributed by atoms with Crippen molar-refractivity contribution in [3.63, 3.8) is 0 Å². The zero-order chi connectivity index (χ0) is 18.8. The normalized spacial score (nSPS) is 10.8. The number of nitrogen functional groups attached to an aromatic ring is 1. The molecule has 0 unspecified atom stereocenters. The molecule has 0 atom stereocenters. The third kappa shape index (κ3) is 3.54. The summed E-state index contributed by atoms with van der Waals surface area (Å²) in [6, 6.07) is 2.96. The zero-order valence-electron chi connectivity index (χ0n) is 14.1. The highest BCUT2D eigenvalue weighted by atomic mass is 35.5. The smallest absolute Gasteiger partial charge is 0.250 e. The maximum Gasteiger partial charge on any atom is 0.250 e. The van der Waals surface area contributed by atoms with Crippen molar-refractivity contribution < 1.29 is 9.13 Å². The van der Waals surface area contributed by atoms with Crippen molar-refractivity contribution in [2.24, 2.45) is 0 Å². The minimum Gasteiger partial charge on any atom is -0.479 e. The van der Waals surface area contributed by atoms with Gasteiger partial charge in [0.05, 0.1) is 12.8 Å². The molecule has 0 amide bonds. The highest BCUT2D eigenvalue weighted by Gasteiger charge is 2.17. The van der Waals surface area contributed by atoms with Crippen LogP contribution in [0.2, 0.25) is 5.15 Å². The second kappa shape index (κ2) is 7.38. The minimum atomic E-state index is -0.637. The van der Waals surface area contributed by atoms with Crippen molar-refractivity contribution in [1.29, 1.82) is 0 Å². The SMILES string of the molecule is COc1ncc(-c2nc(N)c(-c3cc(SC)nc(C)n3)nc2Cl)cc1F. The number of anilines is 1. The molecule has 0 spiro atoms. The van der Waals surface area contributed by atoms with Crippen LogP contribution in [0, 0.1) is 12.7 Å². The first-order chi connectivity index (χ1) is 12.4. The number of aromatic nitrogens is 5. The molecular weight excluding hydrogens is 379 g/mol. The van der Waals surface area contributed by atoms with Crippen molar-refractivity contribution in [3.8, 4) is 28.5 Å². The Morgan fingerprint density at radius 2 is 1.92 bits per heavy atom. The number of pyridine rings is 1. The molecule has 0 saturated carbocycles. The summed E-state index contributed by atoms with van der Waals surface area (Å²) in [5.74, 6) is -0.0644. The molecule has 10 heteroatoms. The van der Waals surface area contributed by atoms with Gasteiger partial charge in [0, 0.05) is 11.8 Å². The number of halogens is 2. The van der Waals surface area contributed by atoms with Gasteiger partial charge in [-0.1, -0.05) is 11.6 Å². The third-order valence-corrected chi connectivity index (χ3v) is 4.31. The Morgan fingerprint density at radius 1 is 1.15 bits per heavy atom. The Labute approximate surface area is 158 Å². The second-order valence-corrected chi connectivity index (χ2v) is 6.34. The summed E-state index contributed by atoms with van der Waals surface area (Å²) >= 11 is 7.74. The number of nitrogens with zero attached hydrogens (tertiary/aromatic N) is 5. The van der Waals surface area contributed by atoms with Crippen LogP contribution in [0.15, 0.2) is 23.4 Å². The van der Waals surface area contributed by atoms with Gasteiger partial charge in [0.15, 0.2) is 16.8 Å². The van der Waals surface area contributed by atoms with Gasteiger partial charge in [0.25, 0.3) is 0 Å². The monoisotopic (exact) mass is 392 g/mol. The summed E-state index contributed by atoms with van der Waals surface area (Å²) < 4.78 is 18.7. The van der Waals surface area contributed by atoms with Gasteiger partial charge < -0.3 is 10.5 Å². The van der Waals surface area contributed by atoms with Crippen LogP contribution < -0.4 is 10.5 Å². The molecule has 0 aliphatic rings. The van der Waals surface area contributed by atoms with Crippen LogP contribution in [-0.2, 0) is 0 Å². The molecule has 7 nitrogen and oxygen atoms in total. The average Bonchev–Trinajstić information content (AvgIpc) is 2.62. The summed E-state index contributed by atoms with van der Waals surface area (Å²) in [5.41, 5.74) is 7.46. The Bertz CT molecular complexity index is 987. The number of methoxy groups -OCH3 is 1. The fourth-order valence-corrected chi connectivity index (χ4v) is 2.96. The van der Waals surface area contributed by atoms with E-state index in [-0.39, 0.29) is 22.5 Å². The van der Waals surface area contributed by atoms with Gasteiger partial charge in [-0.25, -0.2) is 29.3 Å². The number of ether oxygens (including phenoxy) is 1. The fraction of sp³-hybridized carbons (Fsp3) is 0.188. The summed E-state index contributed by atoms with van der Waals surface area (Å²) in [7, 11) is 1.33. The van der Waals surface area contributed by atoms with E-state index in [1.807, 2.05) is 6.26 Å². The lowest BCUT2D eigenvalue weighted by Crippen LogP contribution is -2.03. The van der Waals surface area contributed by atoms with Gasteiger partial charge in [-0.05, 0) is 25.3 Å². The standard InChI is InChI=1S/C16H14ClFN6OS/c1-7-21-10(5-11(22-7)26-3)13-15(19)24-12(14(17)23-13)8-4-9(18)16(25-2)20-6-8/h4-6H,1-3H3,(H2,19,24). The van der Waals surface area contributed by atoms with E-state index in [2.05, 4.69) is 24.9 Å². The quantitative estimate of drug-likeness (QED) is 0.532. The zero-order valence-corrected chi connectivity index (χ0v) is 15.7. The fourth-order valence-electron chi connectivity index (χ4n) is 2.27. The summed E-state index contributed by atoms with van der Waals surface area (Å²) in [5, 5.41) is 0.831. The molecule has 0 aliphatic carbocycles. The number of rotatable bonds is 4. The van der Waals surface area contributed by atoms with E-state index in [1.54, 1.807) is 13.0 Å². The molecule has 0 fully saturated rings. The number of nitrogens with two attached hydrogens (primary N) is 1. The van der Waals surface area contributed by atoms with Crippen LogP contribution in [0.25, 0.3) is 22.6 Å². The first-order valence-electron chi connectivity index (χ1n) is 7.36. The van der Waals surface area contributed by atoms with Crippen molar-refractivity contribution in [1.82, 2.24) is 24.9 Å². The van der Waals surface area contributed by atoms with Gasteiger partial charge in [-0.2, -0.15) is 0 Å². The lowest BCUT2D eigenvalue weighted by molar-refractivity contribution is 0.369. The van der Waals surface area contributed by atoms with Crippen molar-refractivity contribution in [2.45, 2.75) is 11.9 Å². The van der Waals surface area contributed by atoms with Crippen molar-refractivity contribution in [2.75, 3.05) is 19.1 Å². The molecule has 26 heavy (non-hydrogen) atoms. The third-order valence-electron chi connectivity index (χ3n) is 3.42. The molecule has 0 aromatic carbocycles. The second-order valence-electron chi connectivity index (χ2n) is 5.15. The van der Waals surface area contributed by atoms with Crippen LogP contribution in [0.4, 0.5) is 10.2 Å². The lowest BCUT2D eigenvalue weighted by Gasteiger charge is -2.10. The molecule has 3 aromatic rings. The van der Waals surface area contributed by atoms with Crippen LogP contribution in [0.3, 0.4) is 0 Å². The average molecular weight is 393 g/mol. The number of hydrogen-bond acceptors (Lipinski definition) is 8. The number of aryl methyl sites for hydroxylation is 1. The first-order valence-corrected chi connectivity index (χ1v) is 8.96. The van der Waals surface area contributed by atoms with Crippen LogP contribution in [0.1, 0.15) is 5.82 Å². The molecule has 3 aromatic heterocycles. The van der Waals surface area contributed by atoms with Crippen LogP contribution in [0.5, 0.6) is 5.88 Å². The Balaban J connectivity index is 2.09. The highest BCUT2D eigenvalue weighted by molar-refractivity contribution is 7.98. The molecule has 0 saturated heterocycles. The predicted molar refractivity (Wildman–Crippen MR) is 98.7 cm³/mol. The Kier molecular flexibility index (Phi) is 5.19. The molecule has 0 bridgehead atoms. The minimum absolute atomic E-state index is 0.0579. The molecule has 0 radical (unpaired) electrons. The van der Waals surface area contributed by atoms with E-state index in [0.29, 0.717) is 22.8 Å². The topological polar surface area (TPSA) is 99.7 Å². The summed E-state index contributed by atoms with van der Waals surface area (Å²) in [4.78, 5) is 21.1. The van der Waals surface area contributed by atoms with Gasteiger partial charge in [-0.3, -0.25) is 0 Å². The Morgan fingerprint density at radius 3 is 2.58 bits per heavy atom. The Hall–Kier alpha value is -2.52. The van der Waals surface area contributed by atoms with Crippen LogP contribution >= 0.6 is 23.4 Å². The largest absolute Gasteiger partial charge is 0.479 e. The summed E-state index contributed by atoms with van der Waals surface area (Å²) in [6.45, 7) is 1.77. The van der Waals surface area contributed by atoms with E-state index in [9.17, 15) is 4.39 Å². The van der Waals surface area contributed by atoms with Gasteiger partial charge in [0.2, 0.25) is 5.88 Å². The summed E-state index contributed by atoms with van der Waals surface area (Å²) in [6.07, 6.45) is 3.29. The predicted octanol–water partition coefficient (Wildman–Crippen LogP) is 3.41. The molecule has 2 N–H and O–H groups in total. The maximum absolute atomic E-state index is 13.9. The van der Waals surface area contributed by atoms with Gasteiger partial charge in [0.1, 0.15) is 22.2 Å². The van der Waals surface area contributed by atoms with E-state index in [0.717, 1.165) is 5.03 Å². The van der Waals surface area contributed by atoms with Gasteiger partial charge >= 0.3 is 0 Å². The molecule has 3 heterocycles. The first kappa shape index (κ1) is 18.3. The maximum atomic E-state index is 13.9. The van der Waals surface area contributed by atoms with E-state index >= 15 is 0 Å². The number of hydrogen-bond donors (Lipinski definition) is 1. The lowest BCUT2D eigenvalue weighted by atomic mass is 10.2. The van der Waals surface area contributed by atoms with Crippen LogP contribution in [-0.4, -0.2) is 38.3 Å². The van der Waals surface area contributed by atoms with E-state index < -0.39 is 5.82 Å². The number of thioether (sulfide) groups is 1.